The van der Waals surface area contributed by atoms with Gasteiger partial charge in [-0.05, 0) is 85.9 Å². The van der Waals surface area contributed by atoms with Crippen LogP contribution in [0.1, 0.15) is 0 Å². The maximum Gasteiger partial charge on any atom is 0.195 e. The lowest BCUT2D eigenvalue weighted by atomic mass is 9.84. The van der Waals surface area contributed by atoms with Crippen molar-refractivity contribution in [2.24, 2.45) is 0 Å². The fourth-order valence-corrected chi connectivity index (χ4v) is 9.15. The van der Waals surface area contributed by atoms with E-state index in [0.717, 1.165) is 71.8 Å². The standard InChI is InChI=1S/C30H10Br4O2/c31-25-15-9-10-16-18-17(15)21-22-20(25)12-6-2-4-8-14(12)30(36)24(22)28(34)27(33)23(21)26(32)19(18)11-5-1-3-7-13(11)29(16)35/h1-10H. The third kappa shape index (κ3) is 2.34. The van der Waals surface area contributed by atoms with Gasteiger partial charge >= 0.3 is 0 Å². The van der Waals surface area contributed by atoms with Crippen LogP contribution in [0.25, 0.3) is 75.4 Å². The lowest BCUT2D eigenvalue weighted by Gasteiger charge is -2.23. The van der Waals surface area contributed by atoms with E-state index in [0.29, 0.717) is 21.5 Å². The summed E-state index contributed by atoms with van der Waals surface area (Å²) >= 11 is 15.5. The number of benzene rings is 8. The van der Waals surface area contributed by atoms with Crippen LogP contribution in [0.2, 0.25) is 0 Å². The molecule has 0 N–H and O–H groups in total. The van der Waals surface area contributed by atoms with Crippen LogP contribution in [0.5, 0.6) is 0 Å². The van der Waals surface area contributed by atoms with E-state index in [2.05, 4.69) is 63.7 Å². The van der Waals surface area contributed by atoms with Crippen molar-refractivity contribution in [2.45, 2.75) is 0 Å². The fraction of sp³-hybridized carbons (Fsp3) is 0. The van der Waals surface area contributed by atoms with Crippen molar-refractivity contribution < 1.29 is 0 Å². The first-order chi connectivity index (χ1) is 17.4. The van der Waals surface area contributed by atoms with Gasteiger partial charge in [0.15, 0.2) is 10.9 Å². The zero-order valence-electron chi connectivity index (χ0n) is 18.1. The molecule has 0 aliphatic carbocycles. The molecule has 36 heavy (non-hydrogen) atoms. The Labute approximate surface area is 236 Å². The topological polar surface area (TPSA) is 34.1 Å². The summed E-state index contributed by atoms with van der Waals surface area (Å²) < 4.78 is 3.38. The quantitative estimate of drug-likeness (QED) is 0.115. The summed E-state index contributed by atoms with van der Waals surface area (Å²) in [5, 5.41) is 12.3. The summed E-state index contributed by atoms with van der Waals surface area (Å²) in [6.45, 7) is 0. The molecule has 0 bridgehead atoms. The van der Waals surface area contributed by atoms with Crippen LogP contribution in [0.4, 0.5) is 0 Å². The van der Waals surface area contributed by atoms with Gasteiger partial charge in [-0.25, -0.2) is 0 Å². The second-order valence-electron chi connectivity index (χ2n) is 9.17. The van der Waals surface area contributed by atoms with Crippen molar-refractivity contribution in [1.82, 2.24) is 0 Å². The van der Waals surface area contributed by atoms with Crippen molar-refractivity contribution in [1.29, 1.82) is 0 Å². The largest absolute Gasteiger partial charge is 0.289 e. The molecule has 0 aliphatic rings. The number of fused-ring (bicyclic) bond motifs is 4. The highest BCUT2D eigenvalue weighted by molar-refractivity contribution is 9.13. The predicted molar refractivity (Wildman–Crippen MR) is 166 cm³/mol. The minimum atomic E-state index is -0.0133. The predicted octanol–water partition coefficient (Wildman–Crippen LogP) is 9.84. The second kappa shape index (κ2) is 7.13. The smallest absolute Gasteiger partial charge is 0.195 e. The molecule has 0 saturated heterocycles. The Hall–Kier alpha value is -2.38. The lowest BCUT2D eigenvalue weighted by molar-refractivity contribution is 1.67. The van der Waals surface area contributed by atoms with E-state index >= 15 is 0 Å². The molecule has 2 nitrogen and oxygen atoms in total. The first kappa shape index (κ1) is 21.7. The van der Waals surface area contributed by atoms with Gasteiger partial charge in [-0.15, -0.1) is 0 Å². The van der Waals surface area contributed by atoms with E-state index < -0.39 is 0 Å². The van der Waals surface area contributed by atoms with Gasteiger partial charge in [0.1, 0.15) is 0 Å². The maximum atomic E-state index is 13.9. The zero-order valence-corrected chi connectivity index (χ0v) is 24.4. The third-order valence-corrected chi connectivity index (χ3v) is 11.3. The number of hydrogen-bond acceptors (Lipinski definition) is 2. The number of rotatable bonds is 0. The Kier molecular flexibility index (Phi) is 4.30. The van der Waals surface area contributed by atoms with Crippen LogP contribution in [-0.4, -0.2) is 0 Å². The first-order valence-electron chi connectivity index (χ1n) is 11.2. The number of hydrogen-bond donors (Lipinski definition) is 0. The molecule has 0 spiro atoms. The van der Waals surface area contributed by atoms with Crippen LogP contribution in [0.15, 0.2) is 88.1 Å². The van der Waals surface area contributed by atoms with E-state index in [1.165, 1.54) is 0 Å². The van der Waals surface area contributed by atoms with Gasteiger partial charge in [0.05, 0.1) is 0 Å². The summed E-state index contributed by atoms with van der Waals surface area (Å²) in [7, 11) is 0. The average molecular weight is 722 g/mol. The normalized spacial score (nSPS) is 12.7. The molecular formula is C30H10Br4O2. The monoisotopic (exact) mass is 718 g/mol. The molecule has 0 heterocycles. The maximum absolute atomic E-state index is 13.9. The highest BCUT2D eigenvalue weighted by Crippen LogP contribution is 2.54. The van der Waals surface area contributed by atoms with E-state index in [1.54, 1.807) is 0 Å². The molecule has 6 heteroatoms. The Morgan fingerprint density at radius 3 is 1.47 bits per heavy atom. The average Bonchev–Trinajstić information content (AvgIpc) is 2.89. The highest BCUT2D eigenvalue weighted by Gasteiger charge is 2.28. The molecule has 8 rings (SSSR count). The fourth-order valence-electron chi connectivity index (χ4n) is 6.17. The van der Waals surface area contributed by atoms with Gasteiger partial charge in [0.2, 0.25) is 0 Å². The zero-order chi connectivity index (χ0) is 24.6. The third-order valence-electron chi connectivity index (χ3n) is 7.59. The molecule has 170 valence electrons. The van der Waals surface area contributed by atoms with Gasteiger partial charge in [0, 0.05) is 77.1 Å². The summed E-state index contributed by atoms with van der Waals surface area (Å²) in [5.41, 5.74) is 0.00820. The van der Waals surface area contributed by atoms with Crippen LogP contribution >= 0.6 is 63.7 Å². The van der Waals surface area contributed by atoms with Crippen LogP contribution in [0, 0.1) is 0 Å². The molecule has 8 aromatic rings. The number of halogens is 4. The molecule has 0 aliphatic heterocycles. The second-order valence-corrected chi connectivity index (χ2v) is 12.3. The van der Waals surface area contributed by atoms with E-state index in [-0.39, 0.29) is 10.9 Å². The van der Waals surface area contributed by atoms with Crippen LogP contribution in [-0.2, 0) is 0 Å². The minimum Gasteiger partial charge on any atom is -0.289 e. The summed E-state index contributed by atoms with van der Waals surface area (Å²) in [4.78, 5) is 27.5. The Morgan fingerprint density at radius 2 is 0.806 bits per heavy atom. The minimum absolute atomic E-state index is 0.0133. The molecule has 0 atom stereocenters. The summed E-state index contributed by atoms with van der Waals surface area (Å²) in [6, 6.07) is 19.5. The Balaban J connectivity index is 1.90. The molecule has 0 saturated carbocycles. The van der Waals surface area contributed by atoms with Crippen molar-refractivity contribution >= 4 is 139 Å². The summed E-state index contributed by atoms with van der Waals surface area (Å²) in [5.74, 6) is 0. The van der Waals surface area contributed by atoms with Gasteiger partial charge in [0.25, 0.3) is 0 Å². The van der Waals surface area contributed by atoms with Gasteiger partial charge < -0.3 is 0 Å². The highest BCUT2D eigenvalue weighted by atomic mass is 79.9. The van der Waals surface area contributed by atoms with Crippen molar-refractivity contribution in [2.75, 3.05) is 0 Å². The molecule has 8 aromatic carbocycles. The van der Waals surface area contributed by atoms with Crippen LogP contribution in [0.3, 0.4) is 0 Å². The first-order valence-corrected chi connectivity index (χ1v) is 14.4. The SMILES string of the molecule is O=c1c2ccccc2c2c(Br)c3c(Br)c(Br)c4c(=O)c5ccccc5c5c(Br)c6ccc1c2c6c3c45. The molecule has 0 amide bonds. The Bertz CT molecular complexity index is 2380. The van der Waals surface area contributed by atoms with Gasteiger partial charge in [-0.2, -0.15) is 0 Å². The van der Waals surface area contributed by atoms with Crippen molar-refractivity contribution in [3.8, 4) is 0 Å². The van der Waals surface area contributed by atoms with E-state index in [9.17, 15) is 9.59 Å². The molecule has 0 fully saturated rings. The summed E-state index contributed by atoms with van der Waals surface area (Å²) in [6.07, 6.45) is 0. The van der Waals surface area contributed by atoms with Gasteiger partial charge in [-0.3, -0.25) is 9.59 Å². The van der Waals surface area contributed by atoms with Crippen molar-refractivity contribution in [3.63, 3.8) is 0 Å². The van der Waals surface area contributed by atoms with Crippen LogP contribution < -0.4 is 10.9 Å². The molecule has 0 aromatic heterocycles. The van der Waals surface area contributed by atoms with Crippen molar-refractivity contribution in [3.05, 3.63) is 99.0 Å². The molecule has 0 unspecified atom stereocenters. The lowest BCUT2D eigenvalue weighted by Crippen LogP contribution is -2.08. The Morgan fingerprint density at radius 1 is 0.333 bits per heavy atom. The van der Waals surface area contributed by atoms with Gasteiger partial charge in [-0.1, -0.05) is 54.6 Å². The molecular weight excluding hydrogens is 712 g/mol. The molecule has 0 radical (unpaired) electrons. The van der Waals surface area contributed by atoms with E-state index in [1.807, 2.05) is 60.7 Å². The van der Waals surface area contributed by atoms with E-state index in [4.69, 9.17) is 0 Å².